The van der Waals surface area contributed by atoms with Crippen molar-refractivity contribution in [2.75, 3.05) is 13.7 Å². The normalized spacial score (nSPS) is 14.3. The first-order valence-electron chi connectivity index (χ1n) is 5.02. The summed E-state index contributed by atoms with van der Waals surface area (Å²) in [6.45, 7) is 4.45. The van der Waals surface area contributed by atoms with Gasteiger partial charge in [0.05, 0.1) is 4.99 Å². The highest BCUT2D eigenvalue weighted by Crippen LogP contribution is 2.02. The largest absolute Gasteiger partial charge is 0.393 e. The van der Waals surface area contributed by atoms with Gasteiger partial charge < -0.3 is 15.8 Å². The van der Waals surface area contributed by atoms with Crippen LogP contribution in [0.3, 0.4) is 0 Å². The zero-order chi connectivity index (χ0) is 11.8. The predicted molar refractivity (Wildman–Crippen MR) is 64.7 cm³/mol. The molecule has 0 bridgehead atoms. The van der Waals surface area contributed by atoms with Gasteiger partial charge in [-0.3, -0.25) is 4.79 Å². The van der Waals surface area contributed by atoms with Crippen molar-refractivity contribution in [3.63, 3.8) is 0 Å². The number of rotatable bonds is 7. The molecule has 0 aliphatic heterocycles. The molecule has 2 atom stereocenters. The van der Waals surface area contributed by atoms with E-state index in [9.17, 15) is 4.79 Å². The van der Waals surface area contributed by atoms with Crippen LogP contribution in [0.15, 0.2) is 0 Å². The Balaban J connectivity index is 3.77. The standard InChI is InChI=1S/C10H20N2O2S/c1-7(6-14-3)4-10(13)12-8(2)5-9(11)15/h7-8H,4-6H2,1-3H3,(H2,11,15)(H,12,13). The highest BCUT2D eigenvalue weighted by atomic mass is 32.1. The number of methoxy groups -OCH3 is 1. The molecule has 3 N–H and O–H groups in total. The van der Waals surface area contributed by atoms with E-state index in [1.807, 2.05) is 13.8 Å². The third kappa shape index (κ3) is 8.32. The van der Waals surface area contributed by atoms with Crippen molar-refractivity contribution in [2.45, 2.75) is 32.7 Å². The molecule has 0 fully saturated rings. The number of hydrogen-bond acceptors (Lipinski definition) is 3. The first-order valence-corrected chi connectivity index (χ1v) is 5.43. The van der Waals surface area contributed by atoms with Crippen LogP contribution < -0.4 is 11.1 Å². The number of nitrogens with one attached hydrogen (secondary N) is 1. The van der Waals surface area contributed by atoms with E-state index in [-0.39, 0.29) is 17.9 Å². The SMILES string of the molecule is COCC(C)CC(=O)NC(C)CC(N)=S. The molecule has 15 heavy (non-hydrogen) atoms. The van der Waals surface area contributed by atoms with Crippen LogP contribution in [0.4, 0.5) is 0 Å². The second-order valence-electron chi connectivity index (χ2n) is 3.90. The van der Waals surface area contributed by atoms with Gasteiger partial charge >= 0.3 is 0 Å². The van der Waals surface area contributed by atoms with Crippen LogP contribution in [0.25, 0.3) is 0 Å². The summed E-state index contributed by atoms with van der Waals surface area (Å²) in [7, 11) is 1.63. The Bertz CT molecular complexity index is 221. The third-order valence-corrected chi connectivity index (χ3v) is 2.07. The lowest BCUT2D eigenvalue weighted by Gasteiger charge is -2.15. The molecule has 0 aromatic rings. The Labute approximate surface area is 96.5 Å². The van der Waals surface area contributed by atoms with Crippen LogP contribution in [0.5, 0.6) is 0 Å². The molecule has 0 aromatic heterocycles. The Morgan fingerprint density at radius 2 is 2.07 bits per heavy atom. The zero-order valence-electron chi connectivity index (χ0n) is 9.58. The highest BCUT2D eigenvalue weighted by Gasteiger charge is 2.11. The van der Waals surface area contributed by atoms with Crippen LogP contribution in [0.2, 0.25) is 0 Å². The minimum Gasteiger partial charge on any atom is -0.393 e. The number of hydrogen-bond donors (Lipinski definition) is 2. The van der Waals surface area contributed by atoms with Gasteiger partial charge in [-0.05, 0) is 12.8 Å². The molecule has 0 radical (unpaired) electrons. The average molecular weight is 232 g/mol. The van der Waals surface area contributed by atoms with E-state index < -0.39 is 0 Å². The van der Waals surface area contributed by atoms with Gasteiger partial charge in [-0.25, -0.2) is 0 Å². The molecule has 5 heteroatoms. The molecule has 2 unspecified atom stereocenters. The lowest BCUT2D eigenvalue weighted by atomic mass is 10.1. The fourth-order valence-corrected chi connectivity index (χ4v) is 1.60. The van der Waals surface area contributed by atoms with Crippen LogP contribution in [0.1, 0.15) is 26.7 Å². The topological polar surface area (TPSA) is 64.3 Å². The lowest BCUT2D eigenvalue weighted by Crippen LogP contribution is -2.36. The van der Waals surface area contributed by atoms with Crippen LogP contribution >= 0.6 is 12.2 Å². The predicted octanol–water partition coefficient (Wildman–Crippen LogP) is 0.840. The summed E-state index contributed by atoms with van der Waals surface area (Å²) < 4.78 is 4.95. The molecule has 0 aliphatic carbocycles. The summed E-state index contributed by atoms with van der Waals surface area (Å²) >= 11 is 4.76. The van der Waals surface area contributed by atoms with Gasteiger partial charge in [0.2, 0.25) is 5.91 Å². The molecule has 88 valence electrons. The van der Waals surface area contributed by atoms with Crippen LogP contribution in [-0.4, -0.2) is 30.7 Å². The number of thiocarbonyl (C=S) groups is 1. The van der Waals surface area contributed by atoms with E-state index in [2.05, 4.69) is 5.32 Å². The Morgan fingerprint density at radius 3 is 2.53 bits per heavy atom. The van der Waals surface area contributed by atoms with E-state index in [1.165, 1.54) is 0 Å². The van der Waals surface area contributed by atoms with Crippen molar-refractivity contribution in [3.8, 4) is 0 Å². The fraction of sp³-hybridized carbons (Fsp3) is 0.800. The highest BCUT2D eigenvalue weighted by molar-refractivity contribution is 7.80. The monoisotopic (exact) mass is 232 g/mol. The second-order valence-corrected chi connectivity index (χ2v) is 4.43. The second kappa shape index (κ2) is 7.59. The molecule has 0 aliphatic rings. The van der Waals surface area contributed by atoms with Crippen molar-refractivity contribution in [2.24, 2.45) is 11.7 Å². The molecule has 0 heterocycles. The minimum absolute atomic E-state index is 0.00439. The van der Waals surface area contributed by atoms with Gasteiger partial charge in [0.1, 0.15) is 0 Å². The van der Waals surface area contributed by atoms with Gasteiger partial charge in [0, 0.05) is 32.6 Å². The summed E-state index contributed by atoms with van der Waals surface area (Å²) in [5.41, 5.74) is 5.38. The van der Waals surface area contributed by atoms with E-state index in [0.717, 1.165) is 0 Å². The average Bonchev–Trinajstić information content (AvgIpc) is 2.00. The zero-order valence-corrected chi connectivity index (χ0v) is 10.4. The molecule has 0 rings (SSSR count). The molecule has 0 spiro atoms. The van der Waals surface area contributed by atoms with E-state index in [0.29, 0.717) is 24.4 Å². The summed E-state index contributed by atoms with van der Waals surface area (Å²) in [6.07, 6.45) is 1.01. The summed E-state index contributed by atoms with van der Waals surface area (Å²) in [4.78, 5) is 11.9. The van der Waals surface area contributed by atoms with Gasteiger partial charge in [-0.15, -0.1) is 0 Å². The summed E-state index contributed by atoms with van der Waals surface area (Å²) in [5, 5.41) is 2.84. The number of ether oxygens (including phenoxy) is 1. The number of carbonyl (C=O) groups is 1. The van der Waals surface area contributed by atoms with Crippen molar-refractivity contribution < 1.29 is 9.53 Å². The third-order valence-electron chi connectivity index (χ3n) is 1.90. The maximum Gasteiger partial charge on any atom is 0.220 e. The van der Waals surface area contributed by atoms with Crippen molar-refractivity contribution in [1.29, 1.82) is 0 Å². The Morgan fingerprint density at radius 1 is 1.47 bits per heavy atom. The molecule has 0 aromatic carbocycles. The first kappa shape index (κ1) is 14.3. The van der Waals surface area contributed by atoms with Crippen molar-refractivity contribution >= 4 is 23.1 Å². The first-order chi connectivity index (χ1) is 6.95. The Kier molecular flexibility index (Phi) is 7.25. The van der Waals surface area contributed by atoms with E-state index in [1.54, 1.807) is 7.11 Å². The molecule has 4 nitrogen and oxygen atoms in total. The molecular weight excluding hydrogens is 212 g/mol. The summed E-state index contributed by atoms with van der Waals surface area (Å²) in [6, 6.07) is 0.00439. The molecular formula is C10H20N2O2S. The van der Waals surface area contributed by atoms with Crippen molar-refractivity contribution in [3.05, 3.63) is 0 Å². The van der Waals surface area contributed by atoms with Gasteiger partial charge in [0.15, 0.2) is 0 Å². The summed E-state index contributed by atoms with van der Waals surface area (Å²) in [5.74, 6) is 0.246. The van der Waals surface area contributed by atoms with Gasteiger partial charge in [-0.2, -0.15) is 0 Å². The molecule has 1 amide bonds. The Hall–Kier alpha value is -0.680. The van der Waals surface area contributed by atoms with Gasteiger partial charge in [0.25, 0.3) is 0 Å². The van der Waals surface area contributed by atoms with Crippen LogP contribution in [0, 0.1) is 5.92 Å². The number of nitrogens with two attached hydrogens (primary N) is 1. The number of amides is 1. The van der Waals surface area contributed by atoms with Crippen molar-refractivity contribution in [1.82, 2.24) is 5.32 Å². The van der Waals surface area contributed by atoms with E-state index >= 15 is 0 Å². The maximum absolute atomic E-state index is 11.5. The number of carbonyl (C=O) groups excluding carboxylic acids is 1. The van der Waals surface area contributed by atoms with E-state index in [4.69, 9.17) is 22.7 Å². The molecule has 0 saturated carbocycles. The maximum atomic E-state index is 11.5. The molecule has 0 saturated heterocycles. The van der Waals surface area contributed by atoms with Crippen LogP contribution in [-0.2, 0) is 9.53 Å². The fourth-order valence-electron chi connectivity index (χ4n) is 1.35. The quantitative estimate of drug-likeness (QED) is 0.638. The van der Waals surface area contributed by atoms with Gasteiger partial charge in [-0.1, -0.05) is 19.1 Å². The minimum atomic E-state index is 0.00439. The smallest absolute Gasteiger partial charge is 0.220 e. The lowest BCUT2D eigenvalue weighted by molar-refractivity contribution is -0.122.